The third-order valence-electron chi connectivity index (χ3n) is 4.97. The van der Waals surface area contributed by atoms with E-state index in [-0.39, 0.29) is 22.4 Å². The Morgan fingerprint density at radius 3 is 2.62 bits per heavy atom. The van der Waals surface area contributed by atoms with E-state index in [4.69, 9.17) is 16.3 Å². The zero-order chi connectivity index (χ0) is 26.2. The summed E-state index contributed by atoms with van der Waals surface area (Å²) in [5.41, 5.74) is 4.29. The summed E-state index contributed by atoms with van der Waals surface area (Å²) in [6.45, 7) is 2.49. The second-order valence-electron chi connectivity index (χ2n) is 7.48. The molecule has 12 heteroatoms. The number of nitrogens with zero attached hydrogens (tertiary/aromatic N) is 5. The maximum Gasteiger partial charge on any atom is 0.288 e. The fourth-order valence-corrected chi connectivity index (χ4v) is 4.25. The molecule has 188 valence electrons. The number of carbonyl (C=O) groups excluding carboxylic acids is 1. The van der Waals surface area contributed by atoms with E-state index >= 15 is 0 Å². The van der Waals surface area contributed by atoms with Gasteiger partial charge in [-0.1, -0.05) is 59.8 Å². The van der Waals surface area contributed by atoms with Gasteiger partial charge in [0, 0.05) is 22.9 Å². The first-order valence-corrected chi connectivity index (χ1v) is 12.5. The molecule has 0 fully saturated rings. The average molecular weight is 537 g/mol. The van der Waals surface area contributed by atoms with Crippen LogP contribution in [0.4, 0.5) is 5.69 Å². The molecule has 4 rings (SSSR count). The normalized spacial score (nSPS) is 11.0. The zero-order valence-electron chi connectivity index (χ0n) is 19.6. The quantitative estimate of drug-likeness (QED) is 0.129. The Morgan fingerprint density at radius 1 is 1.16 bits per heavy atom. The van der Waals surface area contributed by atoms with Crippen LogP contribution in [0.15, 0.2) is 83.1 Å². The molecule has 1 N–H and O–H groups in total. The number of thioether (sulfide) groups is 1. The summed E-state index contributed by atoms with van der Waals surface area (Å²) in [6.07, 6.45) is 1.31. The number of carbonyl (C=O) groups is 1. The molecule has 0 unspecified atom stereocenters. The summed E-state index contributed by atoms with van der Waals surface area (Å²) in [7, 11) is 0. The third-order valence-corrected chi connectivity index (χ3v) is 6.22. The highest BCUT2D eigenvalue weighted by Crippen LogP contribution is 2.29. The van der Waals surface area contributed by atoms with Crippen LogP contribution in [-0.4, -0.2) is 44.2 Å². The number of hydrazone groups is 1. The number of amides is 1. The van der Waals surface area contributed by atoms with E-state index in [9.17, 15) is 14.9 Å². The topological polar surface area (TPSA) is 125 Å². The first kappa shape index (κ1) is 25.9. The maximum absolute atomic E-state index is 12.4. The molecule has 1 aromatic heterocycles. The number of hydrogen-bond acceptors (Lipinski definition) is 8. The van der Waals surface area contributed by atoms with Crippen molar-refractivity contribution < 1.29 is 14.5 Å². The van der Waals surface area contributed by atoms with Crippen molar-refractivity contribution in [1.29, 1.82) is 0 Å². The molecule has 4 aromatic rings. The molecule has 0 saturated carbocycles. The van der Waals surface area contributed by atoms with Crippen molar-refractivity contribution in [1.82, 2.24) is 20.2 Å². The van der Waals surface area contributed by atoms with E-state index in [2.05, 4.69) is 20.7 Å². The van der Waals surface area contributed by atoms with E-state index in [1.807, 2.05) is 66.1 Å². The number of nitrogens with one attached hydrogen (secondary N) is 1. The number of aromatic nitrogens is 3. The van der Waals surface area contributed by atoms with E-state index < -0.39 is 4.92 Å². The minimum Gasteiger partial charge on any atom is -0.494 e. The predicted octanol–water partition coefficient (Wildman–Crippen LogP) is 5.14. The monoisotopic (exact) mass is 536 g/mol. The lowest BCUT2D eigenvalue weighted by molar-refractivity contribution is -0.384. The van der Waals surface area contributed by atoms with Crippen LogP contribution in [0, 0.1) is 10.1 Å². The molecule has 1 heterocycles. The molecule has 0 atom stereocenters. The molecule has 1 amide bonds. The molecule has 0 aliphatic heterocycles. The number of hydrogen-bond donors (Lipinski definition) is 1. The standard InChI is InChI=1S/C25H21ClN6O4S/c1-2-36-20-11-9-19(10-12-20)31-24(18-6-4-3-5-7-18)29-30-25(31)37-16-23(33)28-27-15-17-8-13-21(26)22(14-17)32(34)35/h3-15H,2,16H2,1H3,(H,28,33). The SMILES string of the molecule is CCOc1ccc(-n2c(SCC(=O)NN=Cc3ccc(Cl)c([N+](=O)[O-])c3)nnc2-c2ccccc2)cc1. The Morgan fingerprint density at radius 2 is 1.92 bits per heavy atom. The van der Waals surface area contributed by atoms with Gasteiger partial charge in [-0.2, -0.15) is 5.10 Å². The van der Waals surface area contributed by atoms with Gasteiger partial charge in [-0.25, -0.2) is 5.43 Å². The van der Waals surface area contributed by atoms with Crippen LogP contribution in [0.3, 0.4) is 0 Å². The molecule has 0 aliphatic rings. The Hall–Kier alpha value is -4.22. The van der Waals surface area contributed by atoms with Crippen LogP contribution in [0.5, 0.6) is 5.75 Å². The van der Waals surface area contributed by atoms with Gasteiger partial charge in [-0.15, -0.1) is 10.2 Å². The number of ether oxygens (including phenoxy) is 1. The van der Waals surface area contributed by atoms with Crippen molar-refractivity contribution in [3.63, 3.8) is 0 Å². The zero-order valence-corrected chi connectivity index (χ0v) is 21.1. The van der Waals surface area contributed by atoms with Crippen LogP contribution < -0.4 is 10.2 Å². The Kier molecular flexibility index (Phi) is 8.49. The summed E-state index contributed by atoms with van der Waals surface area (Å²) in [5.74, 6) is 1.02. The van der Waals surface area contributed by atoms with Gasteiger partial charge < -0.3 is 4.74 Å². The van der Waals surface area contributed by atoms with Gasteiger partial charge >= 0.3 is 0 Å². The van der Waals surface area contributed by atoms with Crippen LogP contribution in [0.25, 0.3) is 17.1 Å². The summed E-state index contributed by atoms with van der Waals surface area (Å²) in [4.78, 5) is 22.9. The highest BCUT2D eigenvalue weighted by atomic mass is 35.5. The molecule has 0 bridgehead atoms. The van der Waals surface area contributed by atoms with Crippen molar-refractivity contribution in [3.05, 3.63) is 93.5 Å². The van der Waals surface area contributed by atoms with Crippen LogP contribution in [0.1, 0.15) is 12.5 Å². The van der Waals surface area contributed by atoms with Crippen molar-refractivity contribution in [2.45, 2.75) is 12.1 Å². The fourth-order valence-electron chi connectivity index (χ4n) is 3.32. The minimum absolute atomic E-state index is 0.0159. The number of rotatable bonds is 10. The molecule has 0 radical (unpaired) electrons. The lowest BCUT2D eigenvalue weighted by atomic mass is 10.2. The van der Waals surface area contributed by atoms with Crippen molar-refractivity contribution >= 4 is 41.2 Å². The van der Waals surface area contributed by atoms with Crippen molar-refractivity contribution in [2.75, 3.05) is 12.4 Å². The average Bonchev–Trinajstić information content (AvgIpc) is 3.33. The Bertz CT molecular complexity index is 1430. The van der Waals surface area contributed by atoms with E-state index in [0.717, 1.165) is 17.0 Å². The van der Waals surface area contributed by atoms with Gasteiger partial charge in [-0.05, 0) is 37.3 Å². The first-order valence-electron chi connectivity index (χ1n) is 11.1. The lowest BCUT2D eigenvalue weighted by Gasteiger charge is -2.11. The molecule has 10 nitrogen and oxygen atoms in total. The summed E-state index contributed by atoms with van der Waals surface area (Å²) in [6, 6.07) is 21.4. The summed E-state index contributed by atoms with van der Waals surface area (Å²) < 4.78 is 7.42. The van der Waals surface area contributed by atoms with Gasteiger partial charge in [0.1, 0.15) is 10.8 Å². The second-order valence-corrected chi connectivity index (χ2v) is 8.83. The third kappa shape index (κ3) is 6.51. The van der Waals surface area contributed by atoms with Gasteiger partial charge in [0.15, 0.2) is 11.0 Å². The molecule has 37 heavy (non-hydrogen) atoms. The van der Waals surface area contributed by atoms with E-state index in [0.29, 0.717) is 23.2 Å². The number of nitro benzene ring substituents is 1. The van der Waals surface area contributed by atoms with Crippen LogP contribution in [0.2, 0.25) is 5.02 Å². The fraction of sp³-hybridized carbons (Fsp3) is 0.120. The molecule has 0 aliphatic carbocycles. The first-order chi connectivity index (χ1) is 18.0. The van der Waals surface area contributed by atoms with Crippen LogP contribution in [-0.2, 0) is 4.79 Å². The molecular formula is C25H21ClN6O4S. The minimum atomic E-state index is -0.584. The van der Waals surface area contributed by atoms with E-state index in [1.165, 1.54) is 30.1 Å². The van der Waals surface area contributed by atoms with Gasteiger partial charge in [0.2, 0.25) is 0 Å². The highest BCUT2D eigenvalue weighted by Gasteiger charge is 2.17. The van der Waals surface area contributed by atoms with Crippen LogP contribution >= 0.6 is 23.4 Å². The largest absolute Gasteiger partial charge is 0.494 e. The van der Waals surface area contributed by atoms with Crippen molar-refractivity contribution in [3.8, 4) is 22.8 Å². The van der Waals surface area contributed by atoms with Crippen molar-refractivity contribution in [2.24, 2.45) is 5.10 Å². The maximum atomic E-state index is 12.4. The number of nitro groups is 1. The van der Waals surface area contributed by atoms with Gasteiger partial charge in [-0.3, -0.25) is 19.5 Å². The highest BCUT2D eigenvalue weighted by molar-refractivity contribution is 7.99. The van der Waals surface area contributed by atoms with Gasteiger partial charge in [0.05, 0.1) is 23.5 Å². The molecule has 3 aromatic carbocycles. The molecular weight excluding hydrogens is 516 g/mol. The smallest absolute Gasteiger partial charge is 0.288 e. The second kappa shape index (κ2) is 12.2. The predicted molar refractivity (Wildman–Crippen MR) is 143 cm³/mol. The molecule has 0 spiro atoms. The lowest BCUT2D eigenvalue weighted by Crippen LogP contribution is -2.20. The number of benzene rings is 3. The Balaban J connectivity index is 1.49. The van der Waals surface area contributed by atoms with E-state index in [1.54, 1.807) is 6.07 Å². The molecule has 0 saturated heterocycles. The Labute approximate surface area is 221 Å². The van der Waals surface area contributed by atoms with Gasteiger partial charge in [0.25, 0.3) is 11.6 Å². The summed E-state index contributed by atoms with van der Waals surface area (Å²) >= 11 is 7.02. The summed E-state index contributed by atoms with van der Waals surface area (Å²) in [5, 5.41) is 24.1. The number of halogens is 1.